The second-order valence-corrected chi connectivity index (χ2v) is 10.3. The SMILES string of the molecule is C[C@@H](O)C[C@@H](O)COc1cccc(P(c2ccccc2)c2ccccc2)c1-c1ccccc1. The van der Waals surface area contributed by atoms with Gasteiger partial charge in [0.05, 0.1) is 12.2 Å². The first kappa shape index (κ1) is 23.2. The van der Waals surface area contributed by atoms with Crippen molar-refractivity contribution in [1.82, 2.24) is 0 Å². The third kappa shape index (κ3) is 5.89. The molecule has 0 spiro atoms. The first-order valence-corrected chi connectivity index (χ1v) is 12.5. The molecule has 0 aromatic heterocycles. The zero-order chi connectivity index (χ0) is 23.0. The zero-order valence-electron chi connectivity index (χ0n) is 18.7. The maximum Gasteiger partial charge on any atom is 0.127 e. The van der Waals surface area contributed by atoms with Crippen molar-refractivity contribution in [3.8, 4) is 16.9 Å². The van der Waals surface area contributed by atoms with Crippen LogP contribution >= 0.6 is 7.92 Å². The van der Waals surface area contributed by atoms with Crippen molar-refractivity contribution in [1.29, 1.82) is 0 Å². The van der Waals surface area contributed by atoms with E-state index < -0.39 is 20.1 Å². The van der Waals surface area contributed by atoms with E-state index in [1.54, 1.807) is 6.92 Å². The van der Waals surface area contributed by atoms with Gasteiger partial charge in [-0.1, -0.05) is 103 Å². The average molecular weight is 457 g/mol. The van der Waals surface area contributed by atoms with Gasteiger partial charge in [-0.2, -0.15) is 0 Å². The molecule has 2 N–H and O–H groups in total. The number of aliphatic hydroxyl groups excluding tert-OH is 2. The van der Waals surface area contributed by atoms with Gasteiger partial charge in [-0.15, -0.1) is 0 Å². The molecule has 0 unspecified atom stereocenters. The molecule has 4 aromatic carbocycles. The zero-order valence-corrected chi connectivity index (χ0v) is 19.6. The van der Waals surface area contributed by atoms with Crippen LogP contribution in [-0.2, 0) is 0 Å². The Morgan fingerprint density at radius 1 is 0.697 bits per heavy atom. The van der Waals surface area contributed by atoms with Crippen molar-refractivity contribution in [2.75, 3.05) is 6.61 Å². The summed E-state index contributed by atoms with van der Waals surface area (Å²) in [5.74, 6) is 0.739. The Balaban J connectivity index is 1.84. The first-order chi connectivity index (χ1) is 16.1. The van der Waals surface area contributed by atoms with Gasteiger partial charge in [0.15, 0.2) is 0 Å². The minimum Gasteiger partial charge on any atom is -0.490 e. The van der Waals surface area contributed by atoms with Gasteiger partial charge >= 0.3 is 0 Å². The van der Waals surface area contributed by atoms with Crippen LogP contribution in [0.25, 0.3) is 11.1 Å². The fraction of sp³-hybridized carbons (Fsp3) is 0.172. The fourth-order valence-electron chi connectivity index (χ4n) is 3.95. The summed E-state index contributed by atoms with van der Waals surface area (Å²) in [6.07, 6.45) is -1.03. The van der Waals surface area contributed by atoms with E-state index in [-0.39, 0.29) is 13.0 Å². The summed E-state index contributed by atoms with van der Waals surface area (Å²) < 4.78 is 6.17. The van der Waals surface area contributed by atoms with E-state index in [9.17, 15) is 10.2 Å². The summed E-state index contributed by atoms with van der Waals surface area (Å²) in [7, 11) is -0.829. The highest BCUT2D eigenvalue weighted by Crippen LogP contribution is 2.40. The van der Waals surface area contributed by atoms with Gasteiger partial charge < -0.3 is 14.9 Å². The number of rotatable bonds is 9. The molecule has 33 heavy (non-hydrogen) atoms. The maximum atomic E-state index is 10.3. The molecule has 0 radical (unpaired) electrons. The van der Waals surface area contributed by atoms with E-state index in [2.05, 4.69) is 66.7 Å². The number of ether oxygens (including phenoxy) is 1. The van der Waals surface area contributed by atoms with E-state index in [0.717, 1.165) is 16.9 Å². The van der Waals surface area contributed by atoms with E-state index in [1.807, 2.05) is 42.5 Å². The first-order valence-electron chi connectivity index (χ1n) is 11.2. The number of benzene rings is 4. The van der Waals surface area contributed by atoms with Crippen LogP contribution in [0.2, 0.25) is 0 Å². The average Bonchev–Trinajstić information content (AvgIpc) is 2.84. The van der Waals surface area contributed by atoms with Crippen molar-refractivity contribution in [3.05, 3.63) is 109 Å². The molecule has 0 saturated heterocycles. The molecule has 2 atom stereocenters. The molecule has 0 bridgehead atoms. The minimum atomic E-state index is -0.829. The van der Waals surface area contributed by atoms with Crippen molar-refractivity contribution >= 4 is 23.8 Å². The van der Waals surface area contributed by atoms with Gasteiger partial charge in [0.25, 0.3) is 0 Å². The Morgan fingerprint density at radius 2 is 1.24 bits per heavy atom. The minimum absolute atomic E-state index is 0.128. The lowest BCUT2D eigenvalue weighted by molar-refractivity contribution is 0.0559. The predicted molar refractivity (Wildman–Crippen MR) is 138 cm³/mol. The summed E-state index contributed by atoms with van der Waals surface area (Å²) in [4.78, 5) is 0. The van der Waals surface area contributed by atoms with E-state index in [4.69, 9.17) is 4.74 Å². The second kappa shape index (κ2) is 11.2. The quantitative estimate of drug-likeness (QED) is 0.361. The molecular formula is C29H29O3P. The third-order valence-corrected chi connectivity index (χ3v) is 7.86. The maximum absolute atomic E-state index is 10.3. The summed E-state index contributed by atoms with van der Waals surface area (Å²) in [6, 6.07) is 37.6. The molecule has 0 aliphatic carbocycles. The van der Waals surface area contributed by atoms with Gasteiger partial charge in [-0.3, -0.25) is 0 Å². The van der Waals surface area contributed by atoms with Gasteiger partial charge in [0, 0.05) is 12.0 Å². The van der Waals surface area contributed by atoms with Crippen LogP contribution < -0.4 is 20.7 Å². The molecular weight excluding hydrogens is 427 g/mol. The van der Waals surface area contributed by atoms with Crippen molar-refractivity contribution in [2.24, 2.45) is 0 Å². The van der Waals surface area contributed by atoms with Crippen LogP contribution in [0.5, 0.6) is 5.75 Å². The van der Waals surface area contributed by atoms with Gasteiger partial charge in [-0.25, -0.2) is 0 Å². The van der Waals surface area contributed by atoms with Gasteiger partial charge in [0.1, 0.15) is 12.4 Å². The Hall–Kier alpha value is -2.97. The number of hydrogen-bond acceptors (Lipinski definition) is 3. The van der Waals surface area contributed by atoms with Crippen molar-refractivity contribution in [2.45, 2.75) is 25.6 Å². The van der Waals surface area contributed by atoms with Crippen LogP contribution in [0.15, 0.2) is 109 Å². The predicted octanol–water partition coefficient (Wildman–Crippen LogP) is 4.62. The summed E-state index contributed by atoms with van der Waals surface area (Å²) in [5.41, 5.74) is 2.12. The van der Waals surface area contributed by atoms with Crippen LogP contribution in [0.1, 0.15) is 13.3 Å². The Bertz CT molecular complexity index is 1090. The van der Waals surface area contributed by atoms with Crippen LogP contribution in [-0.4, -0.2) is 29.0 Å². The molecule has 4 rings (SSSR count). The molecule has 4 aromatic rings. The van der Waals surface area contributed by atoms with E-state index in [0.29, 0.717) is 0 Å². The third-order valence-electron chi connectivity index (χ3n) is 5.38. The van der Waals surface area contributed by atoms with Gasteiger partial charge in [0.2, 0.25) is 0 Å². The smallest absolute Gasteiger partial charge is 0.127 e. The van der Waals surface area contributed by atoms with Gasteiger partial charge in [-0.05, 0) is 42.4 Å². The topological polar surface area (TPSA) is 49.7 Å². The molecule has 3 nitrogen and oxygen atoms in total. The highest BCUT2D eigenvalue weighted by Gasteiger charge is 2.23. The van der Waals surface area contributed by atoms with Crippen LogP contribution in [0.3, 0.4) is 0 Å². The number of hydrogen-bond donors (Lipinski definition) is 2. The van der Waals surface area contributed by atoms with E-state index in [1.165, 1.54) is 15.9 Å². The Morgan fingerprint density at radius 3 is 1.79 bits per heavy atom. The second-order valence-electron chi connectivity index (χ2n) is 8.07. The molecule has 0 saturated carbocycles. The molecule has 0 fully saturated rings. The summed E-state index contributed by atoms with van der Waals surface area (Å²) in [6.45, 7) is 1.80. The van der Waals surface area contributed by atoms with Crippen molar-refractivity contribution in [3.63, 3.8) is 0 Å². The molecule has 0 heterocycles. The Kier molecular flexibility index (Phi) is 7.91. The monoisotopic (exact) mass is 456 g/mol. The van der Waals surface area contributed by atoms with Crippen LogP contribution in [0.4, 0.5) is 0 Å². The van der Waals surface area contributed by atoms with Crippen LogP contribution in [0, 0.1) is 0 Å². The lowest BCUT2D eigenvalue weighted by Gasteiger charge is -2.25. The largest absolute Gasteiger partial charge is 0.490 e. The molecule has 0 amide bonds. The lowest BCUT2D eigenvalue weighted by Crippen LogP contribution is -2.24. The summed E-state index contributed by atoms with van der Waals surface area (Å²) >= 11 is 0. The molecule has 168 valence electrons. The fourth-order valence-corrected chi connectivity index (χ4v) is 6.44. The van der Waals surface area contributed by atoms with E-state index >= 15 is 0 Å². The molecule has 4 heteroatoms. The normalized spacial score (nSPS) is 13.0. The Labute approximate surface area is 197 Å². The summed E-state index contributed by atoms with van der Waals surface area (Å²) in [5, 5.41) is 23.6. The molecule has 0 aliphatic heterocycles. The lowest BCUT2D eigenvalue weighted by atomic mass is 10.0. The van der Waals surface area contributed by atoms with Crippen molar-refractivity contribution < 1.29 is 14.9 Å². The highest BCUT2D eigenvalue weighted by molar-refractivity contribution is 7.80. The highest BCUT2D eigenvalue weighted by atomic mass is 31.1. The number of aliphatic hydroxyl groups is 2. The molecule has 0 aliphatic rings. The standard InChI is InChI=1S/C29H29O3P/c1-22(30)20-24(31)21-32-27-18-11-19-28(29(27)23-12-5-2-6-13-23)33(25-14-7-3-8-15-25)26-16-9-4-10-17-26/h2-19,22,24,30-31H,20-21H2,1H3/t22-,24-/m1/s1.